The van der Waals surface area contributed by atoms with Crippen molar-refractivity contribution in [2.45, 2.75) is 5.16 Å². The van der Waals surface area contributed by atoms with Crippen molar-refractivity contribution in [1.29, 1.82) is 0 Å². The van der Waals surface area contributed by atoms with Crippen LogP contribution < -0.4 is 5.32 Å². The number of nitrogens with zero attached hydrogens (tertiary/aromatic N) is 1. The van der Waals surface area contributed by atoms with Gasteiger partial charge in [0.05, 0.1) is 11.9 Å². The van der Waals surface area contributed by atoms with E-state index < -0.39 is 0 Å². The lowest BCUT2D eigenvalue weighted by Gasteiger charge is -2.04. The number of imidazole rings is 1. The summed E-state index contributed by atoms with van der Waals surface area (Å²) in [5, 5.41) is 4.92. The number of thioether (sulfide) groups is 1. The molecule has 0 saturated carbocycles. The molecule has 128 valence electrons. The lowest BCUT2D eigenvalue weighted by Crippen LogP contribution is -2.25. The summed E-state index contributed by atoms with van der Waals surface area (Å²) in [6, 6.07) is 14.4. The van der Waals surface area contributed by atoms with E-state index in [-0.39, 0.29) is 5.91 Å². The van der Waals surface area contributed by atoms with E-state index in [1.165, 1.54) is 0 Å². The minimum atomic E-state index is -0.135. The van der Waals surface area contributed by atoms with Crippen molar-refractivity contribution < 1.29 is 4.79 Å². The zero-order valence-electron chi connectivity index (χ0n) is 13.1. The fraction of sp³-hybridized carbons (Fsp3) is 0.111. The molecule has 0 fully saturated rings. The van der Waals surface area contributed by atoms with E-state index in [0.29, 0.717) is 27.9 Å². The second-order valence-electron chi connectivity index (χ2n) is 5.22. The van der Waals surface area contributed by atoms with Crippen molar-refractivity contribution >= 4 is 40.9 Å². The molecule has 3 aromatic rings. The number of rotatable bonds is 6. The van der Waals surface area contributed by atoms with E-state index in [0.717, 1.165) is 16.4 Å². The second-order valence-corrected chi connectivity index (χ2v) is 7.18. The summed E-state index contributed by atoms with van der Waals surface area (Å²) in [6.07, 6.45) is 1.79. The van der Waals surface area contributed by atoms with Crippen LogP contribution in [0.15, 0.2) is 59.9 Å². The molecule has 3 rings (SSSR count). The van der Waals surface area contributed by atoms with Crippen LogP contribution in [-0.2, 0) is 0 Å². The van der Waals surface area contributed by atoms with Crippen molar-refractivity contribution in [2.75, 3.05) is 12.3 Å². The molecule has 0 unspecified atom stereocenters. The number of aromatic amines is 1. The van der Waals surface area contributed by atoms with Gasteiger partial charge in [-0.3, -0.25) is 4.79 Å². The third-order valence-corrected chi connectivity index (χ3v) is 4.80. The molecule has 1 amide bonds. The van der Waals surface area contributed by atoms with Gasteiger partial charge in [-0.2, -0.15) is 0 Å². The van der Waals surface area contributed by atoms with Crippen LogP contribution >= 0.6 is 35.0 Å². The first-order valence-electron chi connectivity index (χ1n) is 7.59. The van der Waals surface area contributed by atoms with Gasteiger partial charge >= 0.3 is 0 Å². The van der Waals surface area contributed by atoms with Crippen LogP contribution in [0.25, 0.3) is 11.3 Å². The molecule has 0 aliphatic carbocycles. The summed E-state index contributed by atoms with van der Waals surface area (Å²) in [4.78, 5) is 19.6. The highest BCUT2D eigenvalue weighted by molar-refractivity contribution is 7.99. The van der Waals surface area contributed by atoms with Gasteiger partial charge in [0.2, 0.25) is 0 Å². The molecule has 2 aromatic carbocycles. The molecular weight excluding hydrogens is 377 g/mol. The van der Waals surface area contributed by atoms with E-state index in [1.54, 1.807) is 42.2 Å². The van der Waals surface area contributed by atoms with Crippen LogP contribution in [-0.4, -0.2) is 28.2 Å². The number of carbonyl (C=O) groups excluding carboxylic acids is 1. The number of amides is 1. The van der Waals surface area contributed by atoms with E-state index >= 15 is 0 Å². The Labute approximate surface area is 160 Å². The lowest BCUT2D eigenvalue weighted by molar-refractivity contribution is 0.0956. The van der Waals surface area contributed by atoms with Gasteiger partial charge in [0.1, 0.15) is 0 Å². The first kappa shape index (κ1) is 17.9. The Morgan fingerprint density at radius 2 is 1.92 bits per heavy atom. The Kier molecular flexibility index (Phi) is 6.02. The summed E-state index contributed by atoms with van der Waals surface area (Å²) < 4.78 is 0. The fourth-order valence-corrected chi connectivity index (χ4v) is 3.22. The quantitative estimate of drug-likeness (QED) is 0.463. The average molecular weight is 392 g/mol. The van der Waals surface area contributed by atoms with Gasteiger partial charge in [-0.15, -0.1) is 0 Å². The highest BCUT2D eigenvalue weighted by Crippen LogP contribution is 2.22. The normalized spacial score (nSPS) is 10.6. The van der Waals surface area contributed by atoms with Crippen molar-refractivity contribution in [2.24, 2.45) is 0 Å². The SMILES string of the molecule is O=C(NCCSc1ncc(-c2ccc(Cl)cc2)[nH]1)c1cccc(Cl)c1. The number of benzene rings is 2. The van der Waals surface area contributed by atoms with E-state index in [2.05, 4.69) is 15.3 Å². The van der Waals surface area contributed by atoms with Crippen LogP contribution in [0.3, 0.4) is 0 Å². The maximum absolute atomic E-state index is 12.0. The number of aromatic nitrogens is 2. The zero-order valence-corrected chi connectivity index (χ0v) is 15.5. The van der Waals surface area contributed by atoms with Gasteiger partial charge in [-0.05, 0) is 35.9 Å². The maximum atomic E-state index is 12.0. The van der Waals surface area contributed by atoms with Gasteiger partial charge < -0.3 is 10.3 Å². The van der Waals surface area contributed by atoms with Gasteiger partial charge in [-0.1, -0.05) is 53.2 Å². The number of hydrogen-bond acceptors (Lipinski definition) is 3. The lowest BCUT2D eigenvalue weighted by atomic mass is 10.2. The van der Waals surface area contributed by atoms with Gasteiger partial charge in [0.25, 0.3) is 5.91 Å². The first-order chi connectivity index (χ1) is 12.1. The van der Waals surface area contributed by atoms with Crippen LogP contribution in [0.2, 0.25) is 10.0 Å². The predicted octanol–water partition coefficient (Wildman–Crippen LogP) is 4.91. The maximum Gasteiger partial charge on any atom is 0.251 e. The van der Waals surface area contributed by atoms with Crippen molar-refractivity contribution in [3.05, 3.63) is 70.3 Å². The highest BCUT2D eigenvalue weighted by atomic mass is 35.5. The fourth-order valence-electron chi connectivity index (χ4n) is 2.20. The third kappa shape index (κ3) is 5.01. The molecule has 0 aliphatic heterocycles. The molecule has 0 saturated heterocycles. The van der Waals surface area contributed by atoms with Crippen LogP contribution in [0.1, 0.15) is 10.4 Å². The average Bonchev–Trinajstić information content (AvgIpc) is 3.08. The summed E-state index contributed by atoms with van der Waals surface area (Å²) in [6.45, 7) is 0.535. The summed E-state index contributed by atoms with van der Waals surface area (Å²) in [7, 11) is 0. The second kappa shape index (κ2) is 8.43. The molecule has 0 atom stereocenters. The van der Waals surface area contributed by atoms with Gasteiger partial charge in [0.15, 0.2) is 5.16 Å². The van der Waals surface area contributed by atoms with Gasteiger partial charge in [-0.25, -0.2) is 4.98 Å². The molecule has 4 nitrogen and oxygen atoms in total. The minimum absolute atomic E-state index is 0.135. The first-order valence-corrected chi connectivity index (χ1v) is 9.33. The predicted molar refractivity (Wildman–Crippen MR) is 104 cm³/mol. The topological polar surface area (TPSA) is 57.8 Å². The molecule has 0 radical (unpaired) electrons. The van der Waals surface area contributed by atoms with E-state index in [9.17, 15) is 4.79 Å². The van der Waals surface area contributed by atoms with Crippen LogP contribution in [0.4, 0.5) is 0 Å². The summed E-state index contributed by atoms with van der Waals surface area (Å²) in [5.41, 5.74) is 2.51. The molecule has 1 heterocycles. The summed E-state index contributed by atoms with van der Waals surface area (Å²) in [5.74, 6) is 0.573. The molecular formula is C18H15Cl2N3OS. The molecule has 0 aliphatic rings. The largest absolute Gasteiger partial charge is 0.351 e. The van der Waals surface area contributed by atoms with E-state index in [1.807, 2.05) is 24.3 Å². The monoisotopic (exact) mass is 391 g/mol. The Morgan fingerprint density at radius 3 is 2.68 bits per heavy atom. The number of nitrogens with one attached hydrogen (secondary N) is 2. The number of H-pyrrole nitrogens is 1. The number of carbonyl (C=O) groups is 1. The molecule has 7 heteroatoms. The van der Waals surface area contributed by atoms with Crippen LogP contribution in [0.5, 0.6) is 0 Å². The van der Waals surface area contributed by atoms with Crippen molar-refractivity contribution in [3.8, 4) is 11.3 Å². The number of hydrogen-bond donors (Lipinski definition) is 2. The molecule has 0 bridgehead atoms. The Bertz CT molecular complexity index is 865. The Balaban J connectivity index is 1.48. The third-order valence-electron chi connectivity index (χ3n) is 3.42. The van der Waals surface area contributed by atoms with Crippen molar-refractivity contribution in [1.82, 2.24) is 15.3 Å². The highest BCUT2D eigenvalue weighted by Gasteiger charge is 2.07. The van der Waals surface area contributed by atoms with Crippen LogP contribution in [0, 0.1) is 0 Å². The molecule has 0 spiro atoms. The smallest absolute Gasteiger partial charge is 0.251 e. The van der Waals surface area contributed by atoms with Crippen molar-refractivity contribution in [3.63, 3.8) is 0 Å². The Hall–Kier alpha value is -1.95. The zero-order chi connectivity index (χ0) is 17.6. The van der Waals surface area contributed by atoms with E-state index in [4.69, 9.17) is 23.2 Å². The summed E-state index contributed by atoms with van der Waals surface area (Å²) >= 11 is 13.3. The minimum Gasteiger partial charge on any atom is -0.351 e. The number of halogens is 2. The molecule has 1 aromatic heterocycles. The Morgan fingerprint density at radius 1 is 1.12 bits per heavy atom. The van der Waals surface area contributed by atoms with Gasteiger partial charge in [0, 0.05) is 27.9 Å². The molecule has 25 heavy (non-hydrogen) atoms. The standard InChI is InChI=1S/C18H15Cl2N3OS/c19-14-6-4-12(5-7-14)16-11-22-18(23-16)25-9-8-21-17(24)13-2-1-3-15(20)10-13/h1-7,10-11H,8-9H2,(H,21,24)(H,22,23). The molecule has 2 N–H and O–H groups in total.